The summed E-state index contributed by atoms with van der Waals surface area (Å²) in [5.74, 6) is 1.04. The van der Waals surface area contributed by atoms with E-state index in [1.54, 1.807) is 30.5 Å². The molecule has 6 rings (SSSR count). The number of hydrogen-bond acceptors (Lipinski definition) is 7. The van der Waals surface area contributed by atoms with Gasteiger partial charge in [-0.1, -0.05) is 42.5 Å². The molecule has 10 heteroatoms. The topological polar surface area (TPSA) is 106 Å². The molecule has 0 bridgehead atoms. The maximum atomic E-state index is 12.5. The van der Waals surface area contributed by atoms with Crippen molar-refractivity contribution in [3.05, 3.63) is 132 Å². The zero-order valence-corrected chi connectivity index (χ0v) is 24.5. The van der Waals surface area contributed by atoms with Gasteiger partial charge in [0.2, 0.25) is 0 Å². The van der Waals surface area contributed by atoms with Crippen molar-refractivity contribution in [1.29, 1.82) is 0 Å². The first-order chi connectivity index (χ1) is 21.5. The van der Waals surface area contributed by atoms with Gasteiger partial charge >= 0.3 is 5.97 Å². The second-order valence-corrected chi connectivity index (χ2v) is 10.3. The van der Waals surface area contributed by atoms with Gasteiger partial charge in [0.25, 0.3) is 5.91 Å². The molecule has 1 aliphatic rings. The fourth-order valence-electron chi connectivity index (χ4n) is 5.13. The number of esters is 1. The summed E-state index contributed by atoms with van der Waals surface area (Å²) < 4.78 is 17.0. The van der Waals surface area contributed by atoms with E-state index >= 15 is 0 Å². The average molecular weight is 605 g/mol. The second-order valence-electron chi connectivity index (χ2n) is 9.93. The largest absolute Gasteiger partial charge is 0.484 e. The fourth-order valence-corrected chi connectivity index (χ4v) is 5.48. The molecule has 0 saturated carbocycles. The molecule has 1 saturated heterocycles. The number of rotatable bonds is 9. The number of thiocarbonyl (C=S) groups is 1. The lowest BCUT2D eigenvalue weighted by molar-refractivity contribution is -0.118. The summed E-state index contributed by atoms with van der Waals surface area (Å²) in [6.07, 6.45) is 1.74. The molecule has 0 spiro atoms. The van der Waals surface area contributed by atoms with Crippen LogP contribution in [0, 0.1) is 0 Å². The highest BCUT2D eigenvalue weighted by Crippen LogP contribution is 2.43. The van der Waals surface area contributed by atoms with Gasteiger partial charge in [0.1, 0.15) is 23.3 Å². The maximum absolute atomic E-state index is 12.5. The lowest BCUT2D eigenvalue weighted by Crippen LogP contribution is -2.29. The molecule has 9 nitrogen and oxygen atoms in total. The molecule has 2 atom stereocenters. The monoisotopic (exact) mass is 604 g/mol. The molecule has 2 aromatic heterocycles. The molecular weight excluding hydrogens is 576 g/mol. The highest BCUT2D eigenvalue weighted by molar-refractivity contribution is 7.80. The minimum absolute atomic E-state index is 0.111. The molecule has 2 N–H and O–H groups in total. The van der Waals surface area contributed by atoms with Gasteiger partial charge < -0.3 is 29.4 Å². The minimum atomic E-state index is -0.450. The van der Waals surface area contributed by atoms with E-state index in [9.17, 15) is 9.59 Å². The molecule has 3 heterocycles. The third kappa shape index (κ3) is 6.02. The number of anilines is 2. The number of pyridine rings is 1. The fraction of sp³-hybridized carbons (Fsp3) is 0.118. The Labute approximate surface area is 259 Å². The van der Waals surface area contributed by atoms with Gasteiger partial charge in [0.15, 0.2) is 11.7 Å². The highest BCUT2D eigenvalue weighted by Gasteiger charge is 2.42. The molecule has 1 fully saturated rings. The SMILES string of the molecule is COC(=O)c1ccccc1-c1ccc([C@@H]2[C@@H](c3ccccn3)NC(=S)N2c2ccc(NC(=O)COc3ccccc3)cc2)o1. The highest BCUT2D eigenvalue weighted by atomic mass is 32.1. The predicted molar refractivity (Wildman–Crippen MR) is 170 cm³/mol. The van der Waals surface area contributed by atoms with Crippen molar-refractivity contribution in [1.82, 2.24) is 10.3 Å². The number of para-hydroxylation sites is 1. The Morgan fingerprint density at radius 3 is 2.43 bits per heavy atom. The normalized spacial score (nSPS) is 15.8. The van der Waals surface area contributed by atoms with Crippen molar-refractivity contribution < 1.29 is 23.5 Å². The number of nitrogens with one attached hydrogen (secondary N) is 2. The van der Waals surface area contributed by atoms with Crippen LogP contribution in [0.15, 0.2) is 120 Å². The minimum Gasteiger partial charge on any atom is -0.484 e. The van der Waals surface area contributed by atoms with Gasteiger partial charge in [-0.15, -0.1) is 0 Å². The number of furan rings is 1. The van der Waals surface area contributed by atoms with Crippen LogP contribution >= 0.6 is 12.2 Å². The molecule has 1 aliphatic heterocycles. The van der Waals surface area contributed by atoms with Crippen molar-refractivity contribution in [2.24, 2.45) is 0 Å². The number of amides is 1. The number of carbonyl (C=O) groups is 2. The molecule has 0 aliphatic carbocycles. The molecular formula is C34H28N4O5S. The Morgan fingerprint density at radius 1 is 0.932 bits per heavy atom. The number of ether oxygens (including phenoxy) is 2. The third-order valence-corrected chi connectivity index (χ3v) is 7.47. The summed E-state index contributed by atoms with van der Waals surface area (Å²) >= 11 is 5.83. The molecule has 5 aromatic rings. The zero-order chi connectivity index (χ0) is 30.5. The van der Waals surface area contributed by atoms with E-state index in [1.165, 1.54) is 7.11 Å². The molecule has 44 heavy (non-hydrogen) atoms. The first-order valence-corrected chi connectivity index (χ1v) is 14.3. The van der Waals surface area contributed by atoms with E-state index in [1.807, 2.05) is 89.8 Å². The molecule has 220 valence electrons. The number of nitrogens with zero attached hydrogens (tertiary/aromatic N) is 2. The standard InChI is InChI=1S/C34H28N4O5S/c1-41-33(40)26-12-6-5-11-25(26)28-18-19-29(43-28)32-31(27-13-7-8-20-35-27)37-34(44)38(32)23-16-14-22(15-17-23)36-30(39)21-42-24-9-3-2-4-10-24/h2-20,31-32H,21H2,1H3,(H,36,39)(H,37,44)/t31-,32-/m1/s1. The summed E-state index contributed by atoms with van der Waals surface area (Å²) in [5, 5.41) is 6.76. The number of hydrogen-bond donors (Lipinski definition) is 2. The number of aromatic nitrogens is 1. The van der Waals surface area contributed by atoms with Crippen LogP contribution in [0.5, 0.6) is 5.75 Å². The van der Waals surface area contributed by atoms with Crippen LogP contribution in [-0.2, 0) is 9.53 Å². The summed E-state index contributed by atoms with van der Waals surface area (Å²) in [5.41, 5.74) is 3.22. The number of carbonyl (C=O) groups excluding carboxylic acids is 2. The average Bonchev–Trinajstić information content (AvgIpc) is 3.69. The van der Waals surface area contributed by atoms with Crippen LogP contribution in [0.2, 0.25) is 0 Å². The van der Waals surface area contributed by atoms with E-state index in [4.69, 9.17) is 26.1 Å². The third-order valence-electron chi connectivity index (χ3n) is 7.16. The Hall–Kier alpha value is -5.48. The Balaban J connectivity index is 1.28. The van der Waals surface area contributed by atoms with E-state index in [0.717, 1.165) is 11.4 Å². The predicted octanol–water partition coefficient (Wildman–Crippen LogP) is 6.32. The Kier molecular flexibility index (Phi) is 8.33. The zero-order valence-electron chi connectivity index (χ0n) is 23.7. The summed E-state index contributed by atoms with van der Waals surface area (Å²) in [6, 6.07) is 32.4. The first kappa shape index (κ1) is 28.6. The van der Waals surface area contributed by atoms with Crippen LogP contribution in [-0.4, -0.2) is 35.7 Å². The summed E-state index contributed by atoms with van der Waals surface area (Å²) in [4.78, 5) is 31.5. The van der Waals surface area contributed by atoms with E-state index in [2.05, 4.69) is 15.6 Å². The van der Waals surface area contributed by atoms with Crippen molar-refractivity contribution in [2.45, 2.75) is 12.1 Å². The van der Waals surface area contributed by atoms with Crippen LogP contribution in [0.4, 0.5) is 11.4 Å². The first-order valence-electron chi connectivity index (χ1n) is 13.9. The molecule has 0 radical (unpaired) electrons. The van der Waals surface area contributed by atoms with Gasteiger partial charge in [0.05, 0.1) is 24.4 Å². The van der Waals surface area contributed by atoms with Crippen molar-refractivity contribution >= 4 is 40.6 Å². The number of methoxy groups -OCH3 is 1. The van der Waals surface area contributed by atoms with Gasteiger partial charge in [-0.05, 0) is 78.9 Å². The lowest BCUT2D eigenvalue weighted by atomic mass is 10.0. The molecule has 1 amide bonds. The van der Waals surface area contributed by atoms with E-state index < -0.39 is 12.0 Å². The van der Waals surface area contributed by atoms with E-state index in [0.29, 0.717) is 39.2 Å². The van der Waals surface area contributed by atoms with Crippen LogP contribution < -0.4 is 20.3 Å². The van der Waals surface area contributed by atoms with Gasteiger partial charge in [-0.2, -0.15) is 0 Å². The van der Waals surface area contributed by atoms with Crippen LogP contribution in [0.25, 0.3) is 11.3 Å². The van der Waals surface area contributed by atoms with Gasteiger partial charge in [0, 0.05) is 23.1 Å². The molecule has 0 unspecified atom stereocenters. The molecule has 3 aromatic carbocycles. The second kappa shape index (κ2) is 12.8. The van der Waals surface area contributed by atoms with Crippen LogP contribution in [0.1, 0.15) is 33.9 Å². The Morgan fingerprint density at radius 2 is 1.68 bits per heavy atom. The van der Waals surface area contributed by atoms with Gasteiger partial charge in [-0.3, -0.25) is 9.78 Å². The quantitative estimate of drug-likeness (QED) is 0.148. The lowest BCUT2D eigenvalue weighted by Gasteiger charge is -2.26. The van der Waals surface area contributed by atoms with Gasteiger partial charge in [-0.25, -0.2) is 4.79 Å². The van der Waals surface area contributed by atoms with Crippen molar-refractivity contribution in [3.63, 3.8) is 0 Å². The maximum Gasteiger partial charge on any atom is 0.338 e. The van der Waals surface area contributed by atoms with Crippen molar-refractivity contribution in [3.8, 4) is 17.1 Å². The summed E-state index contributed by atoms with van der Waals surface area (Å²) in [6.45, 7) is -0.111. The summed E-state index contributed by atoms with van der Waals surface area (Å²) in [7, 11) is 1.35. The smallest absolute Gasteiger partial charge is 0.338 e. The van der Waals surface area contributed by atoms with E-state index in [-0.39, 0.29) is 18.6 Å². The van der Waals surface area contributed by atoms with Crippen LogP contribution in [0.3, 0.4) is 0 Å². The van der Waals surface area contributed by atoms with Crippen molar-refractivity contribution in [2.75, 3.05) is 23.9 Å². The Bertz CT molecular complexity index is 1780. The number of benzene rings is 3.